The summed E-state index contributed by atoms with van der Waals surface area (Å²) in [6.45, 7) is 0. The van der Waals surface area contributed by atoms with Crippen LogP contribution in [0.5, 0.6) is 0 Å². The van der Waals surface area contributed by atoms with E-state index in [-0.39, 0.29) is 18.5 Å². The molecule has 0 aromatic heterocycles. The highest BCUT2D eigenvalue weighted by Gasteiger charge is 2.42. The van der Waals surface area contributed by atoms with Gasteiger partial charge in [0.15, 0.2) is 17.5 Å². The van der Waals surface area contributed by atoms with E-state index >= 15 is 0 Å². The zero-order chi connectivity index (χ0) is 13.6. The third kappa shape index (κ3) is 2.49. The third-order valence-corrected chi connectivity index (χ3v) is 4.16. The molecule has 2 N–H and O–H groups in total. The molecule has 0 saturated carbocycles. The molecule has 1 aromatic rings. The zero-order valence-corrected chi connectivity index (χ0v) is 10.4. The number of hydrogen-bond donors (Lipinski definition) is 2. The van der Waals surface area contributed by atoms with Gasteiger partial charge in [0.1, 0.15) is 0 Å². The van der Waals surface area contributed by atoms with E-state index in [1.165, 1.54) is 0 Å². The van der Waals surface area contributed by atoms with Crippen molar-refractivity contribution in [1.29, 1.82) is 0 Å². The topological polar surface area (TPSA) is 32.3 Å². The molecular formula is C14H16F3NO. The third-order valence-electron chi connectivity index (χ3n) is 4.16. The van der Waals surface area contributed by atoms with Crippen LogP contribution in [0.1, 0.15) is 31.2 Å². The number of halogens is 3. The molecule has 0 amide bonds. The molecule has 3 rings (SSSR count). The number of nitrogens with one attached hydrogen (secondary N) is 1. The summed E-state index contributed by atoms with van der Waals surface area (Å²) in [6, 6.07) is 2.50. The molecule has 2 aliphatic rings. The highest BCUT2D eigenvalue weighted by atomic mass is 19.2. The lowest BCUT2D eigenvalue weighted by atomic mass is 9.82. The van der Waals surface area contributed by atoms with Crippen molar-refractivity contribution in [2.24, 2.45) is 0 Å². The normalized spacial score (nSPS) is 33.7. The van der Waals surface area contributed by atoms with E-state index in [0.717, 1.165) is 25.0 Å². The molecule has 2 aliphatic heterocycles. The van der Waals surface area contributed by atoms with Gasteiger partial charge in [-0.25, -0.2) is 13.2 Å². The van der Waals surface area contributed by atoms with Crippen molar-refractivity contribution in [1.82, 2.24) is 5.32 Å². The van der Waals surface area contributed by atoms with Gasteiger partial charge >= 0.3 is 0 Å². The van der Waals surface area contributed by atoms with Crippen LogP contribution in [0.2, 0.25) is 0 Å². The predicted octanol–water partition coefficient (Wildman–Crippen LogP) is 2.29. The Morgan fingerprint density at radius 2 is 1.63 bits per heavy atom. The molecule has 2 bridgehead atoms. The van der Waals surface area contributed by atoms with Gasteiger partial charge in [-0.15, -0.1) is 0 Å². The standard InChI is InChI=1S/C14H16F3NO/c15-11-3-8(4-12(16)13(11)17)5-14(19)6-9-1-2-10(7-14)18-9/h3-4,9-10,18-19H,1-2,5-7H2. The van der Waals surface area contributed by atoms with E-state index < -0.39 is 23.1 Å². The molecular weight excluding hydrogens is 255 g/mol. The van der Waals surface area contributed by atoms with Crippen molar-refractivity contribution in [2.45, 2.75) is 49.8 Å². The lowest BCUT2D eigenvalue weighted by Crippen LogP contribution is -2.49. The molecule has 2 saturated heterocycles. The van der Waals surface area contributed by atoms with Gasteiger partial charge in [0.05, 0.1) is 5.60 Å². The minimum absolute atomic E-state index is 0.163. The molecule has 1 aromatic carbocycles. The van der Waals surface area contributed by atoms with Gasteiger partial charge < -0.3 is 10.4 Å². The van der Waals surface area contributed by atoms with Gasteiger partial charge in [0, 0.05) is 18.5 Å². The molecule has 5 heteroatoms. The van der Waals surface area contributed by atoms with Crippen LogP contribution in [-0.4, -0.2) is 22.8 Å². The molecule has 2 fully saturated rings. The van der Waals surface area contributed by atoms with Crippen LogP contribution in [0.4, 0.5) is 13.2 Å². The molecule has 0 radical (unpaired) electrons. The summed E-state index contributed by atoms with van der Waals surface area (Å²) >= 11 is 0. The summed E-state index contributed by atoms with van der Waals surface area (Å²) in [5, 5.41) is 14.0. The van der Waals surface area contributed by atoms with Crippen molar-refractivity contribution in [3.63, 3.8) is 0 Å². The highest BCUT2D eigenvalue weighted by Crippen LogP contribution is 2.36. The minimum Gasteiger partial charge on any atom is -0.389 e. The monoisotopic (exact) mass is 271 g/mol. The van der Waals surface area contributed by atoms with Crippen molar-refractivity contribution >= 4 is 0 Å². The van der Waals surface area contributed by atoms with Gasteiger partial charge in [0.25, 0.3) is 0 Å². The number of hydrogen-bond acceptors (Lipinski definition) is 2. The zero-order valence-electron chi connectivity index (χ0n) is 10.4. The average Bonchev–Trinajstić information content (AvgIpc) is 2.66. The molecule has 0 aliphatic carbocycles. The van der Waals surface area contributed by atoms with Crippen LogP contribution in [-0.2, 0) is 6.42 Å². The molecule has 2 atom stereocenters. The Hall–Kier alpha value is -1.07. The molecule has 2 nitrogen and oxygen atoms in total. The van der Waals surface area contributed by atoms with Crippen LogP contribution in [0.15, 0.2) is 12.1 Å². The smallest absolute Gasteiger partial charge is 0.194 e. The maximum absolute atomic E-state index is 13.2. The number of benzene rings is 1. The second kappa shape index (κ2) is 4.49. The van der Waals surface area contributed by atoms with Crippen molar-refractivity contribution in [2.75, 3.05) is 0 Å². The Bertz CT molecular complexity index is 470. The van der Waals surface area contributed by atoms with Crippen LogP contribution in [0, 0.1) is 17.5 Å². The first kappa shape index (κ1) is 12.9. The summed E-state index contributed by atoms with van der Waals surface area (Å²) in [6.07, 6.45) is 3.36. The largest absolute Gasteiger partial charge is 0.389 e. The fourth-order valence-electron chi connectivity index (χ4n) is 3.46. The first-order valence-electron chi connectivity index (χ1n) is 6.57. The number of piperidine rings is 1. The maximum atomic E-state index is 13.2. The SMILES string of the molecule is OC1(Cc2cc(F)c(F)c(F)c2)CC2CCC(C1)N2. The molecule has 0 spiro atoms. The lowest BCUT2D eigenvalue weighted by Gasteiger charge is -2.37. The van der Waals surface area contributed by atoms with Gasteiger partial charge in [0.2, 0.25) is 0 Å². The number of aliphatic hydroxyl groups is 1. The van der Waals surface area contributed by atoms with Crippen LogP contribution in [0.25, 0.3) is 0 Å². The van der Waals surface area contributed by atoms with Gasteiger partial charge in [-0.05, 0) is 43.4 Å². The first-order valence-corrected chi connectivity index (χ1v) is 6.57. The first-order chi connectivity index (χ1) is 8.95. The predicted molar refractivity (Wildman–Crippen MR) is 64.1 cm³/mol. The molecule has 2 unspecified atom stereocenters. The van der Waals surface area contributed by atoms with Crippen LogP contribution < -0.4 is 5.32 Å². The molecule has 104 valence electrons. The Labute approximate surface area is 109 Å². The Morgan fingerprint density at radius 3 is 2.16 bits per heavy atom. The minimum atomic E-state index is -1.46. The van der Waals surface area contributed by atoms with E-state index in [4.69, 9.17) is 0 Å². The van der Waals surface area contributed by atoms with Crippen LogP contribution in [0.3, 0.4) is 0 Å². The average molecular weight is 271 g/mol. The molecule has 19 heavy (non-hydrogen) atoms. The van der Waals surface area contributed by atoms with Gasteiger partial charge in [-0.1, -0.05) is 0 Å². The summed E-state index contributed by atoms with van der Waals surface area (Å²) in [5.41, 5.74) is -0.645. The Kier molecular flexibility index (Phi) is 3.06. The maximum Gasteiger partial charge on any atom is 0.194 e. The summed E-state index contributed by atoms with van der Waals surface area (Å²) in [4.78, 5) is 0. The van der Waals surface area contributed by atoms with Crippen molar-refractivity contribution in [3.05, 3.63) is 35.1 Å². The van der Waals surface area contributed by atoms with E-state index in [2.05, 4.69) is 5.32 Å². The number of fused-ring (bicyclic) bond motifs is 2. The van der Waals surface area contributed by atoms with E-state index in [1.54, 1.807) is 0 Å². The fraction of sp³-hybridized carbons (Fsp3) is 0.571. The highest BCUT2D eigenvalue weighted by molar-refractivity contribution is 5.22. The lowest BCUT2D eigenvalue weighted by molar-refractivity contribution is -0.00619. The summed E-state index contributed by atoms with van der Waals surface area (Å²) < 4.78 is 39.2. The second-order valence-corrected chi connectivity index (χ2v) is 5.82. The van der Waals surface area contributed by atoms with E-state index in [1.807, 2.05) is 0 Å². The second-order valence-electron chi connectivity index (χ2n) is 5.82. The Balaban J connectivity index is 1.81. The Morgan fingerprint density at radius 1 is 1.11 bits per heavy atom. The number of rotatable bonds is 2. The summed E-state index contributed by atoms with van der Waals surface area (Å²) in [7, 11) is 0. The fourth-order valence-corrected chi connectivity index (χ4v) is 3.46. The summed E-state index contributed by atoms with van der Waals surface area (Å²) in [5.74, 6) is -3.85. The van der Waals surface area contributed by atoms with Crippen molar-refractivity contribution in [3.8, 4) is 0 Å². The van der Waals surface area contributed by atoms with Gasteiger partial charge in [-0.2, -0.15) is 0 Å². The molecule has 2 heterocycles. The quantitative estimate of drug-likeness (QED) is 0.809. The van der Waals surface area contributed by atoms with Crippen LogP contribution >= 0.6 is 0 Å². The van der Waals surface area contributed by atoms with Gasteiger partial charge in [-0.3, -0.25) is 0 Å². The van der Waals surface area contributed by atoms with Crippen molar-refractivity contribution < 1.29 is 18.3 Å². The van der Waals surface area contributed by atoms with E-state index in [0.29, 0.717) is 18.4 Å². The van der Waals surface area contributed by atoms with E-state index in [9.17, 15) is 18.3 Å².